The van der Waals surface area contributed by atoms with E-state index in [1.807, 2.05) is 0 Å². The van der Waals surface area contributed by atoms with Crippen LogP contribution in [0.15, 0.2) is 36.4 Å². The molecule has 10 heteroatoms. The van der Waals surface area contributed by atoms with Crippen molar-refractivity contribution in [3.05, 3.63) is 63.1 Å². The molecule has 0 radical (unpaired) electrons. The Labute approximate surface area is 199 Å². The second kappa shape index (κ2) is 7.55. The average Bonchev–Trinajstić information content (AvgIpc) is 3.30. The maximum absolute atomic E-state index is 13.7. The molecule has 2 aromatic rings. The smallest absolute Gasteiger partial charge is 0.250 e. The number of hydrogen-bond donors (Lipinski definition) is 3. The average molecular weight is 487 g/mol. The van der Waals surface area contributed by atoms with Crippen LogP contribution in [0.3, 0.4) is 0 Å². The van der Waals surface area contributed by atoms with Crippen molar-refractivity contribution in [1.82, 2.24) is 10.2 Å². The van der Waals surface area contributed by atoms with Crippen molar-refractivity contribution in [1.29, 1.82) is 0 Å². The zero-order valence-corrected chi connectivity index (χ0v) is 19.0. The summed E-state index contributed by atoms with van der Waals surface area (Å²) in [6.45, 7) is 1.76. The number of aryl methyl sites for hydroxylation is 1. The summed E-state index contributed by atoms with van der Waals surface area (Å²) in [4.78, 5) is 53.6. The number of rotatable bonds is 4. The van der Waals surface area contributed by atoms with E-state index in [1.165, 1.54) is 0 Å². The fourth-order valence-electron chi connectivity index (χ4n) is 5.44. The zero-order chi connectivity index (χ0) is 23.7. The predicted octanol–water partition coefficient (Wildman–Crippen LogP) is 2.10. The molecule has 0 saturated carbocycles. The number of anilines is 1. The number of nitrogens with zero attached hydrogens (tertiary/aromatic N) is 1. The van der Waals surface area contributed by atoms with Gasteiger partial charge in [0.2, 0.25) is 23.6 Å². The monoisotopic (exact) mass is 486 g/mol. The minimum atomic E-state index is -1.54. The van der Waals surface area contributed by atoms with Crippen LogP contribution in [-0.2, 0) is 31.3 Å². The van der Waals surface area contributed by atoms with Crippen LogP contribution >= 0.6 is 23.2 Å². The van der Waals surface area contributed by atoms with Crippen molar-refractivity contribution in [3.8, 4) is 0 Å². The molecule has 1 spiro atoms. The van der Waals surface area contributed by atoms with Gasteiger partial charge in [-0.05, 0) is 36.2 Å². The topological polar surface area (TPSA) is 122 Å². The molecule has 3 heterocycles. The molecule has 0 aromatic heterocycles. The number of primary amides is 1. The maximum Gasteiger partial charge on any atom is 0.250 e. The molecule has 2 fully saturated rings. The Morgan fingerprint density at radius 2 is 1.88 bits per heavy atom. The fraction of sp³-hybridized carbons (Fsp3) is 0.304. The molecule has 5 rings (SSSR count). The summed E-state index contributed by atoms with van der Waals surface area (Å²) in [6.07, 6.45) is -0.204. The number of nitrogens with two attached hydrogens (primary N) is 1. The maximum atomic E-state index is 13.7. The zero-order valence-electron chi connectivity index (χ0n) is 17.5. The van der Waals surface area contributed by atoms with Crippen molar-refractivity contribution in [2.24, 2.45) is 17.6 Å². The quantitative estimate of drug-likeness (QED) is 0.571. The summed E-state index contributed by atoms with van der Waals surface area (Å²) in [7, 11) is 0. The third-order valence-corrected chi connectivity index (χ3v) is 7.37. The van der Waals surface area contributed by atoms with Gasteiger partial charge in [0, 0.05) is 33.8 Å². The van der Waals surface area contributed by atoms with Crippen LogP contribution in [0.1, 0.15) is 23.1 Å². The summed E-state index contributed by atoms with van der Waals surface area (Å²) in [5.74, 6) is -4.09. The Balaban J connectivity index is 1.64. The van der Waals surface area contributed by atoms with E-state index in [0.29, 0.717) is 26.9 Å². The van der Waals surface area contributed by atoms with Gasteiger partial charge in [-0.2, -0.15) is 0 Å². The number of imide groups is 1. The van der Waals surface area contributed by atoms with E-state index in [4.69, 9.17) is 28.9 Å². The van der Waals surface area contributed by atoms with Gasteiger partial charge in [-0.25, -0.2) is 0 Å². The van der Waals surface area contributed by atoms with Gasteiger partial charge in [0.15, 0.2) is 0 Å². The fourth-order valence-corrected chi connectivity index (χ4v) is 5.91. The number of halogens is 2. The molecule has 0 bridgehead atoms. The third kappa shape index (κ3) is 3.08. The Bertz CT molecular complexity index is 1250. The number of fused-ring (bicyclic) bond motifs is 4. The molecule has 4 amide bonds. The van der Waals surface area contributed by atoms with Crippen LogP contribution in [0.4, 0.5) is 5.69 Å². The molecule has 33 heavy (non-hydrogen) atoms. The number of carbonyl (C=O) groups excluding carboxylic acids is 4. The van der Waals surface area contributed by atoms with E-state index in [9.17, 15) is 19.2 Å². The molecule has 0 aliphatic carbocycles. The van der Waals surface area contributed by atoms with Crippen LogP contribution in [0.25, 0.3) is 0 Å². The Kier molecular flexibility index (Phi) is 5.00. The van der Waals surface area contributed by atoms with Crippen LogP contribution in [0.2, 0.25) is 10.0 Å². The van der Waals surface area contributed by atoms with E-state index in [2.05, 4.69) is 10.6 Å². The van der Waals surface area contributed by atoms with E-state index >= 15 is 0 Å². The van der Waals surface area contributed by atoms with Gasteiger partial charge in [-0.15, -0.1) is 0 Å². The molecule has 4 N–H and O–H groups in total. The molecule has 0 unspecified atom stereocenters. The second-order valence-electron chi connectivity index (χ2n) is 8.69. The van der Waals surface area contributed by atoms with Gasteiger partial charge in [0.05, 0.1) is 18.4 Å². The highest BCUT2D eigenvalue weighted by atomic mass is 35.5. The van der Waals surface area contributed by atoms with Gasteiger partial charge in [-0.3, -0.25) is 29.4 Å². The molecule has 2 saturated heterocycles. The Morgan fingerprint density at radius 1 is 1.15 bits per heavy atom. The van der Waals surface area contributed by atoms with E-state index in [0.717, 1.165) is 10.5 Å². The van der Waals surface area contributed by atoms with Crippen LogP contribution in [-0.4, -0.2) is 34.6 Å². The number of benzene rings is 2. The first-order valence-electron chi connectivity index (χ1n) is 10.4. The molecule has 4 atom stereocenters. The van der Waals surface area contributed by atoms with E-state index in [-0.39, 0.29) is 13.0 Å². The van der Waals surface area contributed by atoms with Crippen LogP contribution < -0.4 is 16.4 Å². The van der Waals surface area contributed by atoms with Gasteiger partial charge < -0.3 is 11.1 Å². The summed E-state index contributed by atoms with van der Waals surface area (Å²) in [5.41, 5.74) is 6.26. The largest absolute Gasteiger partial charge is 0.370 e. The molecular formula is C23H20Cl2N4O4. The highest BCUT2D eigenvalue weighted by Gasteiger charge is 2.70. The summed E-state index contributed by atoms with van der Waals surface area (Å²) in [5, 5.41) is 6.80. The predicted molar refractivity (Wildman–Crippen MR) is 121 cm³/mol. The first kappa shape index (κ1) is 21.9. The van der Waals surface area contributed by atoms with Gasteiger partial charge >= 0.3 is 0 Å². The lowest BCUT2D eigenvalue weighted by atomic mass is 9.76. The molecule has 3 aliphatic heterocycles. The molecule has 8 nitrogen and oxygen atoms in total. The highest BCUT2D eigenvalue weighted by molar-refractivity contribution is 6.31. The molecule has 3 aliphatic rings. The number of amides is 4. The second-order valence-corrected chi connectivity index (χ2v) is 9.53. The minimum absolute atomic E-state index is 0.0350. The molecule has 170 valence electrons. The number of carbonyl (C=O) groups is 4. The van der Waals surface area contributed by atoms with Crippen molar-refractivity contribution < 1.29 is 19.2 Å². The molecule has 2 aromatic carbocycles. The lowest BCUT2D eigenvalue weighted by Gasteiger charge is -2.29. The lowest BCUT2D eigenvalue weighted by Crippen LogP contribution is -2.53. The number of likely N-dealkylation sites (tertiary alicyclic amines) is 1. The first-order chi connectivity index (χ1) is 15.6. The highest BCUT2D eigenvalue weighted by Crippen LogP contribution is 2.54. The standard InChI is InChI=1S/C23H20Cl2N4O4/c1-10-6-12(24)7-13-19(10)27-22(33)23(13)18-17(15(28-23)8-16(26)30)20(31)29(21(18)32)9-11-4-2-3-5-14(11)25/h2-7,15,17-18,28H,8-9H2,1H3,(H2,26,30)(H,27,33)/t15-,17-,18+,23+/m1/s1. The van der Waals surface area contributed by atoms with Crippen molar-refractivity contribution in [3.63, 3.8) is 0 Å². The normalized spacial score (nSPS) is 27.8. The summed E-state index contributed by atoms with van der Waals surface area (Å²) >= 11 is 12.6. The van der Waals surface area contributed by atoms with Crippen LogP contribution in [0, 0.1) is 18.8 Å². The summed E-state index contributed by atoms with van der Waals surface area (Å²) < 4.78 is 0. The van der Waals surface area contributed by atoms with Crippen LogP contribution in [0.5, 0.6) is 0 Å². The Morgan fingerprint density at radius 3 is 2.58 bits per heavy atom. The van der Waals surface area contributed by atoms with E-state index < -0.39 is 47.0 Å². The Hall–Kier alpha value is -2.94. The van der Waals surface area contributed by atoms with Gasteiger partial charge in [-0.1, -0.05) is 41.4 Å². The SMILES string of the molecule is Cc1cc(Cl)cc2c1NC(=O)[C@]21N[C@H](CC(N)=O)[C@H]2C(=O)N(Cc3ccccc3Cl)C(=O)[C@H]21. The number of nitrogens with one attached hydrogen (secondary N) is 2. The van der Waals surface area contributed by atoms with Gasteiger partial charge in [0.1, 0.15) is 5.54 Å². The molecular weight excluding hydrogens is 467 g/mol. The van der Waals surface area contributed by atoms with Crippen molar-refractivity contribution in [2.75, 3.05) is 5.32 Å². The first-order valence-corrected chi connectivity index (χ1v) is 11.2. The third-order valence-electron chi connectivity index (χ3n) is 6.78. The minimum Gasteiger partial charge on any atom is -0.370 e. The number of hydrogen-bond acceptors (Lipinski definition) is 5. The van der Waals surface area contributed by atoms with Crippen molar-refractivity contribution >= 4 is 52.5 Å². The van der Waals surface area contributed by atoms with Crippen molar-refractivity contribution in [2.45, 2.75) is 31.5 Å². The summed E-state index contributed by atoms with van der Waals surface area (Å²) in [6, 6.07) is 9.45. The lowest BCUT2D eigenvalue weighted by molar-refractivity contribution is -0.143. The van der Waals surface area contributed by atoms with E-state index in [1.54, 1.807) is 43.3 Å². The van der Waals surface area contributed by atoms with Gasteiger partial charge in [0.25, 0.3) is 0 Å².